The molecule has 0 saturated carbocycles. The Bertz CT molecular complexity index is 1010. The number of ether oxygens (including phenoxy) is 1. The summed E-state index contributed by atoms with van der Waals surface area (Å²) in [6.07, 6.45) is 2.56. The first-order valence-corrected chi connectivity index (χ1v) is 13.2. The Hall–Kier alpha value is -2.94. The van der Waals surface area contributed by atoms with E-state index in [0.717, 1.165) is 62.8 Å². The molecule has 3 heterocycles. The van der Waals surface area contributed by atoms with E-state index in [1.54, 1.807) is 0 Å². The number of piperazine rings is 1. The molecular formula is C28H37N5O3. The van der Waals surface area contributed by atoms with Crippen LogP contribution < -0.4 is 10.4 Å². The topological polar surface area (TPSA) is 69.6 Å². The number of hydrogen-bond donors (Lipinski definition) is 1. The summed E-state index contributed by atoms with van der Waals surface area (Å²) in [6, 6.07) is 19.3. The Labute approximate surface area is 213 Å². The van der Waals surface area contributed by atoms with Gasteiger partial charge in [-0.15, -0.1) is 0 Å². The number of aliphatic imine (C=N–C) groups is 1. The van der Waals surface area contributed by atoms with Crippen LogP contribution in [0.3, 0.4) is 0 Å². The molecule has 2 aromatic carbocycles. The maximum atomic E-state index is 11.6. The Morgan fingerprint density at radius 1 is 1.00 bits per heavy atom. The molecule has 2 fully saturated rings. The highest BCUT2D eigenvalue weighted by Crippen LogP contribution is 2.26. The Morgan fingerprint density at radius 3 is 2.42 bits per heavy atom. The van der Waals surface area contributed by atoms with E-state index in [-0.39, 0.29) is 12.2 Å². The van der Waals surface area contributed by atoms with Crippen LogP contribution in [-0.2, 0) is 14.4 Å². The molecule has 1 N–H and O–H groups in total. The van der Waals surface area contributed by atoms with Crippen molar-refractivity contribution >= 4 is 17.5 Å². The lowest BCUT2D eigenvalue weighted by molar-refractivity contribution is -0.143. The lowest BCUT2D eigenvalue weighted by Crippen LogP contribution is -2.53. The number of esters is 1. The lowest BCUT2D eigenvalue weighted by Gasteiger charge is -2.43. The fourth-order valence-electron chi connectivity index (χ4n) is 5.33. The van der Waals surface area contributed by atoms with E-state index >= 15 is 0 Å². The van der Waals surface area contributed by atoms with Gasteiger partial charge < -0.3 is 14.5 Å². The van der Waals surface area contributed by atoms with E-state index in [1.165, 1.54) is 18.5 Å². The summed E-state index contributed by atoms with van der Waals surface area (Å²) in [6.45, 7) is 9.52. The van der Waals surface area contributed by atoms with Crippen LogP contribution in [0.15, 0.2) is 59.6 Å². The Kier molecular flexibility index (Phi) is 8.15. The number of carbonyl (C=O) groups is 1. The number of rotatable bonds is 8. The van der Waals surface area contributed by atoms with Crippen LogP contribution in [0.5, 0.6) is 0 Å². The van der Waals surface area contributed by atoms with Gasteiger partial charge in [0.25, 0.3) is 0 Å². The molecule has 3 aliphatic rings. The summed E-state index contributed by atoms with van der Waals surface area (Å²) >= 11 is 0. The van der Waals surface area contributed by atoms with E-state index in [0.29, 0.717) is 19.1 Å². The van der Waals surface area contributed by atoms with Gasteiger partial charge in [0, 0.05) is 68.7 Å². The molecule has 0 spiro atoms. The SMILES string of the molecule is CCOC(=O)CCN1CCN(C2CCN(c3ccc(C4=NC(c5ccccc5)ON4)cc3)CC2)CC1. The smallest absolute Gasteiger partial charge is 0.307 e. The number of amidine groups is 1. The fourth-order valence-corrected chi connectivity index (χ4v) is 5.33. The zero-order valence-corrected chi connectivity index (χ0v) is 21.1. The second kappa shape index (κ2) is 11.9. The number of hydroxylamine groups is 1. The van der Waals surface area contributed by atoms with Crippen LogP contribution in [0, 0.1) is 0 Å². The van der Waals surface area contributed by atoms with E-state index in [4.69, 9.17) is 14.6 Å². The van der Waals surface area contributed by atoms with Crippen LogP contribution in [0.4, 0.5) is 5.69 Å². The summed E-state index contributed by atoms with van der Waals surface area (Å²) in [4.78, 5) is 29.5. The highest BCUT2D eigenvalue weighted by atomic mass is 16.7. The van der Waals surface area contributed by atoms with Gasteiger partial charge in [-0.05, 0) is 44.0 Å². The molecule has 5 rings (SSSR count). The standard InChI is InChI=1S/C28H37N5O3/c1-2-35-26(34)14-15-31-18-20-33(21-19-31)25-12-16-32(17-13-25)24-10-8-22(9-11-24)27-29-28(36-30-27)23-6-4-3-5-7-23/h3-11,25,28H,2,12-21H2,1H3,(H,29,30). The molecule has 36 heavy (non-hydrogen) atoms. The molecule has 3 aliphatic heterocycles. The molecule has 0 amide bonds. The molecule has 0 bridgehead atoms. The van der Waals surface area contributed by atoms with Crippen molar-refractivity contribution in [3.8, 4) is 0 Å². The average Bonchev–Trinajstić information content (AvgIpc) is 3.44. The number of nitrogens with one attached hydrogen (secondary N) is 1. The predicted molar refractivity (Wildman–Crippen MR) is 141 cm³/mol. The van der Waals surface area contributed by atoms with Crippen LogP contribution in [0.25, 0.3) is 0 Å². The highest BCUT2D eigenvalue weighted by molar-refractivity contribution is 5.99. The van der Waals surface area contributed by atoms with Gasteiger partial charge in [-0.25, -0.2) is 15.3 Å². The highest BCUT2D eigenvalue weighted by Gasteiger charge is 2.28. The second-order valence-electron chi connectivity index (χ2n) is 9.66. The molecule has 2 aromatic rings. The number of piperidine rings is 1. The molecule has 0 aromatic heterocycles. The third-order valence-electron chi connectivity index (χ3n) is 7.43. The summed E-state index contributed by atoms with van der Waals surface area (Å²) in [7, 11) is 0. The number of nitrogens with zero attached hydrogens (tertiary/aromatic N) is 4. The van der Waals surface area contributed by atoms with Crippen molar-refractivity contribution in [2.24, 2.45) is 4.99 Å². The number of carbonyl (C=O) groups excluding carboxylic acids is 1. The third kappa shape index (κ3) is 6.06. The molecule has 0 radical (unpaired) electrons. The molecule has 1 unspecified atom stereocenters. The van der Waals surface area contributed by atoms with Crippen LogP contribution in [0.1, 0.15) is 43.5 Å². The van der Waals surface area contributed by atoms with Crippen molar-refractivity contribution in [1.29, 1.82) is 0 Å². The first-order chi connectivity index (χ1) is 17.7. The molecule has 8 nitrogen and oxygen atoms in total. The number of anilines is 1. The van der Waals surface area contributed by atoms with Gasteiger partial charge in [0.15, 0.2) is 5.84 Å². The molecule has 2 saturated heterocycles. The maximum absolute atomic E-state index is 11.6. The van der Waals surface area contributed by atoms with E-state index < -0.39 is 0 Å². The van der Waals surface area contributed by atoms with Crippen LogP contribution in [-0.4, -0.2) is 80.1 Å². The van der Waals surface area contributed by atoms with Gasteiger partial charge in [-0.1, -0.05) is 30.3 Å². The summed E-state index contributed by atoms with van der Waals surface area (Å²) < 4.78 is 5.05. The zero-order chi connectivity index (χ0) is 24.7. The van der Waals surface area contributed by atoms with Crippen LogP contribution in [0.2, 0.25) is 0 Å². The minimum Gasteiger partial charge on any atom is -0.466 e. The van der Waals surface area contributed by atoms with Crippen molar-refractivity contribution in [3.05, 3.63) is 65.7 Å². The minimum atomic E-state index is -0.306. The second-order valence-corrected chi connectivity index (χ2v) is 9.66. The predicted octanol–water partition coefficient (Wildman–Crippen LogP) is 3.21. The summed E-state index contributed by atoms with van der Waals surface area (Å²) in [5, 5.41) is 0. The van der Waals surface area contributed by atoms with Gasteiger partial charge in [0.1, 0.15) is 0 Å². The number of benzene rings is 2. The molecule has 1 atom stereocenters. The normalized spacial score (nSPS) is 21.8. The fraction of sp³-hybridized carbons (Fsp3) is 0.500. The maximum Gasteiger partial charge on any atom is 0.307 e. The van der Waals surface area contributed by atoms with Gasteiger partial charge >= 0.3 is 5.97 Å². The van der Waals surface area contributed by atoms with Gasteiger partial charge in [-0.3, -0.25) is 9.69 Å². The van der Waals surface area contributed by atoms with E-state index in [1.807, 2.05) is 37.3 Å². The first kappa shape index (κ1) is 24.7. The van der Waals surface area contributed by atoms with E-state index in [9.17, 15) is 4.79 Å². The summed E-state index contributed by atoms with van der Waals surface area (Å²) in [5.41, 5.74) is 6.33. The lowest BCUT2D eigenvalue weighted by atomic mass is 10.0. The first-order valence-electron chi connectivity index (χ1n) is 13.2. The van der Waals surface area contributed by atoms with Gasteiger partial charge in [0.05, 0.1) is 13.0 Å². The third-order valence-corrected chi connectivity index (χ3v) is 7.43. The molecule has 0 aliphatic carbocycles. The van der Waals surface area contributed by atoms with Crippen molar-refractivity contribution in [2.75, 3.05) is 57.3 Å². The summed E-state index contributed by atoms with van der Waals surface area (Å²) in [5.74, 6) is 0.688. The minimum absolute atomic E-state index is 0.0856. The average molecular weight is 492 g/mol. The largest absolute Gasteiger partial charge is 0.466 e. The zero-order valence-electron chi connectivity index (χ0n) is 21.1. The van der Waals surface area contributed by atoms with Gasteiger partial charge in [0.2, 0.25) is 6.23 Å². The van der Waals surface area contributed by atoms with Crippen molar-refractivity contribution in [2.45, 2.75) is 38.5 Å². The van der Waals surface area contributed by atoms with E-state index in [2.05, 4.69) is 44.4 Å². The monoisotopic (exact) mass is 491 g/mol. The van der Waals surface area contributed by atoms with Crippen molar-refractivity contribution in [3.63, 3.8) is 0 Å². The molecular weight excluding hydrogens is 454 g/mol. The van der Waals surface area contributed by atoms with Crippen molar-refractivity contribution in [1.82, 2.24) is 15.3 Å². The number of hydrogen-bond acceptors (Lipinski definition) is 8. The molecule has 192 valence electrons. The Balaban J connectivity index is 1.07. The van der Waals surface area contributed by atoms with Crippen molar-refractivity contribution < 1.29 is 14.4 Å². The van der Waals surface area contributed by atoms with Crippen LogP contribution >= 0.6 is 0 Å². The Morgan fingerprint density at radius 2 is 1.72 bits per heavy atom. The van der Waals surface area contributed by atoms with Gasteiger partial charge in [-0.2, -0.15) is 0 Å². The quantitative estimate of drug-likeness (QED) is 0.569. The molecule has 8 heteroatoms.